The predicted octanol–water partition coefficient (Wildman–Crippen LogP) is 1.79. The van der Waals surface area contributed by atoms with Crippen LogP contribution in [-0.4, -0.2) is 24.1 Å². The smallest absolute Gasteiger partial charge is 0.128 e. The van der Waals surface area contributed by atoms with Crippen LogP contribution in [0.3, 0.4) is 0 Å². The maximum absolute atomic E-state index is 5.90. The topological polar surface area (TPSA) is 42.2 Å². The van der Waals surface area contributed by atoms with Crippen molar-refractivity contribution in [3.8, 4) is 0 Å². The largest absolute Gasteiger partial charge is 0.357 e. The standard InChI is InChI=1S/C12H19N3/c1-15(12-4-2-3-9-14-12)11-7-5-10(13)6-8-11/h2-4,9-11H,5-8,13H2,1H3. The van der Waals surface area contributed by atoms with E-state index in [0.717, 1.165) is 18.7 Å². The minimum Gasteiger partial charge on any atom is -0.357 e. The third-order valence-electron chi connectivity index (χ3n) is 3.30. The highest BCUT2D eigenvalue weighted by atomic mass is 15.2. The molecular formula is C12H19N3. The molecule has 2 N–H and O–H groups in total. The van der Waals surface area contributed by atoms with Gasteiger partial charge in [0.25, 0.3) is 0 Å². The van der Waals surface area contributed by atoms with E-state index in [4.69, 9.17) is 5.73 Å². The lowest BCUT2D eigenvalue weighted by molar-refractivity contribution is 0.384. The van der Waals surface area contributed by atoms with Crippen molar-refractivity contribution in [2.75, 3.05) is 11.9 Å². The van der Waals surface area contributed by atoms with Crippen LogP contribution in [0.1, 0.15) is 25.7 Å². The summed E-state index contributed by atoms with van der Waals surface area (Å²) in [7, 11) is 2.13. The van der Waals surface area contributed by atoms with E-state index < -0.39 is 0 Å². The fraction of sp³-hybridized carbons (Fsp3) is 0.583. The molecule has 3 heteroatoms. The normalized spacial score (nSPS) is 26.3. The highest BCUT2D eigenvalue weighted by Crippen LogP contribution is 2.24. The highest BCUT2D eigenvalue weighted by Gasteiger charge is 2.22. The summed E-state index contributed by atoms with van der Waals surface area (Å²) >= 11 is 0. The molecule has 0 aromatic carbocycles. The quantitative estimate of drug-likeness (QED) is 0.800. The van der Waals surface area contributed by atoms with Crippen LogP contribution in [0.4, 0.5) is 5.82 Å². The fourth-order valence-electron chi connectivity index (χ4n) is 2.24. The maximum atomic E-state index is 5.90. The lowest BCUT2D eigenvalue weighted by Crippen LogP contribution is -2.39. The second-order valence-electron chi connectivity index (χ2n) is 4.37. The minimum absolute atomic E-state index is 0.415. The van der Waals surface area contributed by atoms with Gasteiger partial charge in [-0.3, -0.25) is 0 Å². The Balaban J connectivity index is 1.99. The molecule has 1 aliphatic rings. The van der Waals surface area contributed by atoms with Crippen molar-refractivity contribution < 1.29 is 0 Å². The molecule has 0 bridgehead atoms. The molecule has 0 saturated heterocycles. The van der Waals surface area contributed by atoms with Gasteiger partial charge in [0, 0.05) is 25.3 Å². The Kier molecular flexibility index (Phi) is 3.21. The van der Waals surface area contributed by atoms with E-state index >= 15 is 0 Å². The van der Waals surface area contributed by atoms with Crippen molar-refractivity contribution in [3.63, 3.8) is 0 Å². The molecule has 0 atom stereocenters. The van der Waals surface area contributed by atoms with Crippen LogP contribution in [-0.2, 0) is 0 Å². The zero-order chi connectivity index (χ0) is 10.7. The fourth-order valence-corrected chi connectivity index (χ4v) is 2.24. The number of aromatic nitrogens is 1. The Labute approximate surface area is 91.3 Å². The van der Waals surface area contributed by atoms with E-state index in [2.05, 4.69) is 23.0 Å². The second kappa shape index (κ2) is 4.62. The minimum atomic E-state index is 0.415. The molecule has 3 nitrogen and oxygen atoms in total. The third-order valence-corrected chi connectivity index (χ3v) is 3.30. The number of hydrogen-bond donors (Lipinski definition) is 1. The van der Waals surface area contributed by atoms with Crippen LogP contribution in [0.5, 0.6) is 0 Å². The number of nitrogens with zero attached hydrogens (tertiary/aromatic N) is 2. The van der Waals surface area contributed by atoms with Crippen molar-refractivity contribution in [1.82, 2.24) is 4.98 Å². The van der Waals surface area contributed by atoms with Crippen LogP contribution in [0.15, 0.2) is 24.4 Å². The van der Waals surface area contributed by atoms with Gasteiger partial charge in [0.15, 0.2) is 0 Å². The van der Waals surface area contributed by atoms with Crippen molar-refractivity contribution in [2.45, 2.75) is 37.8 Å². The number of nitrogens with two attached hydrogens (primary N) is 1. The van der Waals surface area contributed by atoms with Crippen molar-refractivity contribution in [3.05, 3.63) is 24.4 Å². The zero-order valence-corrected chi connectivity index (χ0v) is 9.26. The van der Waals surface area contributed by atoms with Crippen LogP contribution in [0, 0.1) is 0 Å². The summed E-state index contributed by atoms with van der Waals surface area (Å²) in [5.41, 5.74) is 5.90. The maximum Gasteiger partial charge on any atom is 0.128 e. The van der Waals surface area contributed by atoms with Crippen molar-refractivity contribution >= 4 is 5.82 Å². The summed E-state index contributed by atoms with van der Waals surface area (Å²) in [6.07, 6.45) is 6.51. The van der Waals surface area contributed by atoms with E-state index in [1.54, 1.807) is 0 Å². The van der Waals surface area contributed by atoms with Crippen molar-refractivity contribution in [1.29, 1.82) is 0 Å². The van der Waals surface area contributed by atoms with Gasteiger partial charge in [0.1, 0.15) is 5.82 Å². The molecule has 1 heterocycles. The van der Waals surface area contributed by atoms with Crippen LogP contribution in [0.2, 0.25) is 0 Å². The van der Waals surface area contributed by atoms with Gasteiger partial charge in [-0.15, -0.1) is 0 Å². The Morgan fingerprint density at radius 1 is 1.27 bits per heavy atom. The molecule has 2 rings (SSSR count). The molecule has 1 aromatic heterocycles. The molecule has 1 aliphatic carbocycles. The summed E-state index contributed by atoms with van der Waals surface area (Å²) < 4.78 is 0. The van der Waals surface area contributed by atoms with E-state index in [1.165, 1.54) is 12.8 Å². The first-order valence-electron chi connectivity index (χ1n) is 5.67. The van der Waals surface area contributed by atoms with E-state index in [9.17, 15) is 0 Å². The molecule has 1 aromatic rings. The average molecular weight is 205 g/mol. The van der Waals surface area contributed by atoms with Gasteiger partial charge in [0.2, 0.25) is 0 Å². The Hall–Kier alpha value is -1.09. The Morgan fingerprint density at radius 3 is 2.60 bits per heavy atom. The molecule has 15 heavy (non-hydrogen) atoms. The van der Waals surface area contributed by atoms with E-state index in [-0.39, 0.29) is 0 Å². The Morgan fingerprint density at radius 2 is 2.00 bits per heavy atom. The molecule has 0 aliphatic heterocycles. The molecule has 1 saturated carbocycles. The number of pyridine rings is 1. The van der Waals surface area contributed by atoms with Gasteiger partial charge in [-0.05, 0) is 37.8 Å². The molecule has 0 unspecified atom stereocenters. The number of hydrogen-bond acceptors (Lipinski definition) is 3. The lowest BCUT2D eigenvalue weighted by Gasteiger charge is -2.34. The van der Waals surface area contributed by atoms with Crippen LogP contribution < -0.4 is 10.6 Å². The summed E-state index contributed by atoms with van der Waals surface area (Å²) in [6.45, 7) is 0. The van der Waals surface area contributed by atoms with Gasteiger partial charge in [-0.25, -0.2) is 4.98 Å². The lowest BCUT2D eigenvalue weighted by atomic mass is 9.91. The summed E-state index contributed by atoms with van der Waals surface area (Å²) in [4.78, 5) is 6.65. The first-order chi connectivity index (χ1) is 7.27. The summed E-state index contributed by atoms with van der Waals surface area (Å²) in [6, 6.07) is 7.08. The van der Waals surface area contributed by atoms with Gasteiger partial charge in [-0.1, -0.05) is 6.07 Å². The third kappa shape index (κ3) is 2.48. The SMILES string of the molecule is CN(c1ccccn1)C1CCC(N)CC1. The van der Waals surface area contributed by atoms with Gasteiger partial charge in [0.05, 0.1) is 0 Å². The van der Waals surface area contributed by atoms with Crippen molar-refractivity contribution in [2.24, 2.45) is 5.73 Å². The highest BCUT2D eigenvalue weighted by molar-refractivity contribution is 5.37. The summed E-state index contributed by atoms with van der Waals surface area (Å²) in [5.74, 6) is 1.07. The van der Waals surface area contributed by atoms with Gasteiger partial charge in [-0.2, -0.15) is 0 Å². The average Bonchev–Trinajstić information content (AvgIpc) is 2.30. The first-order valence-corrected chi connectivity index (χ1v) is 5.67. The summed E-state index contributed by atoms with van der Waals surface area (Å²) in [5, 5.41) is 0. The molecule has 0 amide bonds. The number of anilines is 1. The predicted molar refractivity (Wildman–Crippen MR) is 62.9 cm³/mol. The monoisotopic (exact) mass is 205 g/mol. The van der Waals surface area contributed by atoms with E-state index in [0.29, 0.717) is 12.1 Å². The second-order valence-corrected chi connectivity index (χ2v) is 4.37. The van der Waals surface area contributed by atoms with E-state index in [1.807, 2.05) is 18.3 Å². The van der Waals surface area contributed by atoms with Gasteiger partial charge < -0.3 is 10.6 Å². The Bertz CT molecular complexity index is 291. The van der Waals surface area contributed by atoms with Crippen LogP contribution >= 0.6 is 0 Å². The molecule has 0 spiro atoms. The molecule has 0 radical (unpaired) electrons. The van der Waals surface area contributed by atoms with Gasteiger partial charge >= 0.3 is 0 Å². The van der Waals surface area contributed by atoms with Crippen LogP contribution in [0.25, 0.3) is 0 Å². The molecule has 82 valence electrons. The number of rotatable bonds is 2. The molecule has 1 fully saturated rings. The zero-order valence-electron chi connectivity index (χ0n) is 9.26. The molecular weight excluding hydrogens is 186 g/mol. The first kappa shape index (κ1) is 10.4.